The normalized spacial score (nSPS) is 11.8. The van der Waals surface area contributed by atoms with Crippen molar-refractivity contribution < 1.29 is 22.7 Å². The van der Waals surface area contributed by atoms with Crippen molar-refractivity contribution in [1.82, 2.24) is 3.97 Å². The summed E-state index contributed by atoms with van der Waals surface area (Å²) in [6, 6.07) is 9.57. The number of nitrogens with zero attached hydrogens (tertiary/aromatic N) is 1. The number of ketones is 1. The first-order valence-corrected chi connectivity index (χ1v) is 8.50. The quantitative estimate of drug-likeness (QED) is 0.546. The van der Waals surface area contributed by atoms with Crippen LogP contribution < -0.4 is 0 Å². The molecule has 0 aliphatic rings. The Morgan fingerprint density at radius 3 is 2.39 bits per heavy atom. The summed E-state index contributed by atoms with van der Waals surface area (Å²) in [6.45, 7) is 0. The minimum atomic E-state index is -3.68. The minimum Gasteiger partial charge on any atom is -0.356 e. The topological polar surface area (TPSA) is 74.6 Å². The molecule has 1 heterocycles. The van der Waals surface area contributed by atoms with Crippen molar-refractivity contribution in [1.29, 1.82) is 0 Å². The summed E-state index contributed by atoms with van der Waals surface area (Å²) < 4.78 is 36.0. The Labute approximate surface area is 135 Å². The van der Waals surface area contributed by atoms with Crippen molar-refractivity contribution in [2.24, 2.45) is 0 Å². The highest BCUT2D eigenvalue weighted by Crippen LogP contribution is 2.16. The fourth-order valence-electron chi connectivity index (χ4n) is 2.13. The maximum absolute atomic E-state index is 12.4. The van der Waals surface area contributed by atoms with Gasteiger partial charge in [-0.25, -0.2) is 12.4 Å². The minimum absolute atomic E-state index is 0.161. The summed E-state index contributed by atoms with van der Waals surface area (Å²) in [5.41, 5.74) is 0.343. The monoisotopic (exact) mass is 337 g/mol. The lowest BCUT2D eigenvalue weighted by Gasteiger charge is -2.11. The standard InChI is InChI=1S/C16H19NO5S/c1-21-16(22-2)9-8-15(18)13-10-11-17(12-13)23(19,20)14-6-4-3-5-7-14/h3-7,10-12,16H,8-9H2,1-2H3. The number of methoxy groups -OCH3 is 2. The van der Waals surface area contributed by atoms with Crippen LogP contribution in [0, 0.1) is 0 Å². The lowest BCUT2D eigenvalue weighted by molar-refractivity contribution is -0.105. The SMILES string of the molecule is COC(CCC(=O)c1ccn(S(=O)(=O)c2ccccc2)c1)OC. The van der Waals surface area contributed by atoms with Crippen LogP contribution in [0.25, 0.3) is 0 Å². The zero-order valence-corrected chi connectivity index (χ0v) is 13.8. The first kappa shape index (κ1) is 17.4. The maximum Gasteiger partial charge on any atom is 0.267 e. The van der Waals surface area contributed by atoms with Crippen LogP contribution in [0.3, 0.4) is 0 Å². The third-order valence-electron chi connectivity index (χ3n) is 3.44. The highest BCUT2D eigenvalue weighted by Gasteiger charge is 2.18. The molecular formula is C16H19NO5S. The second-order valence-corrected chi connectivity index (χ2v) is 6.75. The summed E-state index contributed by atoms with van der Waals surface area (Å²) in [5, 5.41) is 0. The van der Waals surface area contributed by atoms with Gasteiger partial charge in [-0.2, -0.15) is 0 Å². The van der Waals surface area contributed by atoms with E-state index in [0.717, 1.165) is 3.97 Å². The van der Waals surface area contributed by atoms with E-state index in [1.54, 1.807) is 18.2 Å². The number of benzene rings is 1. The Morgan fingerprint density at radius 2 is 1.78 bits per heavy atom. The van der Waals surface area contributed by atoms with Gasteiger partial charge >= 0.3 is 0 Å². The van der Waals surface area contributed by atoms with Gasteiger partial charge in [0.05, 0.1) is 4.90 Å². The van der Waals surface area contributed by atoms with Crippen molar-refractivity contribution >= 4 is 15.8 Å². The molecule has 23 heavy (non-hydrogen) atoms. The van der Waals surface area contributed by atoms with Crippen LogP contribution in [0.2, 0.25) is 0 Å². The summed E-state index contributed by atoms with van der Waals surface area (Å²) in [5.74, 6) is -0.161. The zero-order chi connectivity index (χ0) is 16.9. The molecule has 0 bridgehead atoms. The largest absolute Gasteiger partial charge is 0.356 e. The predicted molar refractivity (Wildman–Crippen MR) is 84.8 cm³/mol. The second kappa shape index (κ2) is 7.54. The average molecular weight is 337 g/mol. The molecule has 0 N–H and O–H groups in total. The number of carbonyl (C=O) groups excluding carboxylic acids is 1. The molecular weight excluding hydrogens is 318 g/mol. The van der Waals surface area contributed by atoms with E-state index in [9.17, 15) is 13.2 Å². The van der Waals surface area contributed by atoms with E-state index in [1.807, 2.05) is 0 Å². The van der Waals surface area contributed by atoms with Gasteiger partial charge in [0, 0.05) is 45.0 Å². The van der Waals surface area contributed by atoms with Gasteiger partial charge in [-0.1, -0.05) is 18.2 Å². The van der Waals surface area contributed by atoms with Gasteiger partial charge in [0.15, 0.2) is 12.1 Å². The maximum atomic E-state index is 12.4. The average Bonchev–Trinajstić information content (AvgIpc) is 3.07. The first-order valence-electron chi connectivity index (χ1n) is 7.06. The molecule has 0 unspecified atom stereocenters. The van der Waals surface area contributed by atoms with E-state index in [-0.39, 0.29) is 17.1 Å². The van der Waals surface area contributed by atoms with Crippen molar-refractivity contribution in [2.45, 2.75) is 24.0 Å². The summed E-state index contributed by atoms with van der Waals surface area (Å²) in [4.78, 5) is 12.3. The number of Topliss-reactive ketones (excluding diaryl/α,β-unsaturated/α-hetero) is 1. The lowest BCUT2D eigenvalue weighted by Crippen LogP contribution is -2.15. The van der Waals surface area contributed by atoms with Crippen LogP contribution in [-0.4, -0.2) is 38.7 Å². The van der Waals surface area contributed by atoms with E-state index in [4.69, 9.17) is 9.47 Å². The number of carbonyl (C=O) groups is 1. The number of hydrogen-bond acceptors (Lipinski definition) is 5. The highest BCUT2D eigenvalue weighted by atomic mass is 32.2. The summed E-state index contributed by atoms with van der Waals surface area (Å²) in [6.07, 6.45) is 2.87. The van der Waals surface area contributed by atoms with Crippen LogP contribution >= 0.6 is 0 Å². The van der Waals surface area contributed by atoms with Crippen LogP contribution in [0.1, 0.15) is 23.2 Å². The molecule has 0 amide bonds. The molecule has 7 heteroatoms. The summed E-state index contributed by atoms with van der Waals surface area (Å²) >= 11 is 0. The van der Waals surface area contributed by atoms with Crippen molar-refractivity contribution in [3.8, 4) is 0 Å². The molecule has 2 aromatic rings. The molecule has 0 fully saturated rings. The van der Waals surface area contributed by atoms with Crippen LogP contribution in [0.5, 0.6) is 0 Å². The number of ether oxygens (including phenoxy) is 2. The Bertz CT molecular complexity index is 748. The van der Waals surface area contributed by atoms with Crippen molar-refractivity contribution in [2.75, 3.05) is 14.2 Å². The van der Waals surface area contributed by atoms with Gasteiger partial charge in [0.25, 0.3) is 10.0 Å². The highest BCUT2D eigenvalue weighted by molar-refractivity contribution is 7.90. The first-order chi connectivity index (χ1) is 11.0. The van der Waals surface area contributed by atoms with Crippen LogP contribution in [-0.2, 0) is 19.5 Å². The molecule has 0 saturated carbocycles. The molecule has 0 atom stereocenters. The molecule has 1 aromatic heterocycles. The number of hydrogen-bond donors (Lipinski definition) is 0. The van der Waals surface area contributed by atoms with E-state index in [0.29, 0.717) is 12.0 Å². The molecule has 0 saturated heterocycles. The van der Waals surface area contributed by atoms with E-state index >= 15 is 0 Å². The second-order valence-electron chi connectivity index (χ2n) is 4.91. The van der Waals surface area contributed by atoms with Crippen molar-refractivity contribution in [3.63, 3.8) is 0 Å². The molecule has 124 valence electrons. The molecule has 1 aromatic carbocycles. The fourth-order valence-corrected chi connectivity index (χ4v) is 3.35. The molecule has 0 aliphatic carbocycles. The molecule has 6 nitrogen and oxygen atoms in total. The predicted octanol–water partition coefficient (Wildman–Crippen LogP) is 2.31. The lowest BCUT2D eigenvalue weighted by atomic mass is 10.1. The molecule has 0 radical (unpaired) electrons. The van der Waals surface area contributed by atoms with Gasteiger partial charge < -0.3 is 9.47 Å². The van der Waals surface area contributed by atoms with Gasteiger partial charge in [0.2, 0.25) is 0 Å². The van der Waals surface area contributed by atoms with Gasteiger partial charge in [0.1, 0.15) is 0 Å². The summed E-state index contributed by atoms with van der Waals surface area (Å²) in [7, 11) is -0.674. The fraction of sp³-hybridized carbons (Fsp3) is 0.312. The van der Waals surface area contributed by atoms with Crippen LogP contribution in [0.4, 0.5) is 0 Å². The Kier molecular flexibility index (Phi) is 5.70. The molecule has 0 aliphatic heterocycles. The third kappa shape index (κ3) is 4.07. The third-order valence-corrected chi connectivity index (χ3v) is 5.09. The van der Waals surface area contributed by atoms with E-state index in [2.05, 4.69) is 0 Å². The molecule has 2 rings (SSSR count). The van der Waals surface area contributed by atoms with Gasteiger partial charge in [-0.05, 0) is 18.2 Å². The van der Waals surface area contributed by atoms with Crippen molar-refractivity contribution in [3.05, 3.63) is 54.4 Å². The zero-order valence-electron chi connectivity index (χ0n) is 13.0. The Hall–Kier alpha value is -1.96. The van der Waals surface area contributed by atoms with E-state index < -0.39 is 16.3 Å². The number of rotatable bonds is 8. The smallest absolute Gasteiger partial charge is 0.267 e. The number of aromatic nitrogens is 1. The Morgan fingerprint density at radius 1 is 1.13 bits per heavy atom. The van der Waals surface area contributed by atoms with E-state index in [1.165, 1.54) is 44.8 Å². The van der Waals surface area contributed by atoms with Gasteiger partial charge in [-0.15, -0.1) is 0 Å². The van der Waals surface area contributed by atoms with Crippen LogP contribution in [0.15, 0.2) is 53.7 Å². The molecule has 0 spiro atoms. The van der Waals surface area contributed by atoms with Gasteiger partial charge in [-0.3, -0.25) is 4.79 Å². The Balaban J connectivity index is 2.13.